The van der Waals surface area contributed by atoms with Gasteiger partial charge in [0.05, 0.1) is 23.1 Å². The Balaban J connectivity index is 1.27. The Labute approximate surface area is 190 Å². The summed E-state index contributed by atoms with van der Waals surface area (Å²) in [5.41, 5.74) is 1.58. The molecule has 10 heteroatoms. The number of likely N-dealkylation sites (tertiary alicyclic amines) is 1. The van der Waals surface area contributed by atoms with Crippen molar-refractivity contribution in [2.75, 3.05) is 38.5 Å². The Morgan fingerprint density at radius 2 is 2.00 bits per heavy atom. The van der Waals surface area contributed by atoms with Crippen LogP contribution in [0.3, 0.4) is 0 Å². The molecule has 31 heavy (non-hydrogen) atoms. The van der Waals surface area contributed by atoms with E-state index in [4.69, 9.17) is 9.72 Å². The smallest absolute Gasteiger partial charge is 0.279 e. The number of hydrogen-bond donors (Lipinski definition) is 0. The molecule has 3 aliphatic rings. The average Bonchev–Trinajstić information content (AvgIpc) is 3.35. The van der Waals surface area contributed by atoms with Crippen LogP contribution in [0.4, 0.5) is 0 Å². The second-order valence-electron chi connectivity index (χ2n) is 8.61. The first kappa shape index (κ1) is 21.4. The van der Waals surface area contributed by atoms with Crippen LogP contribution < -0.4 is 5.56 Å². The van der Waals surface area contributed by atoms with E-state index in [9.17, 15) is 9.59 Å². The molecular formula is C21H29N5O3S2. The van der Waals surface area contributed by atoms with Crippen molar-refractivity contribution in [3.05, 3.63) is 21.6 Å². The predicted octanol–water partition coefficient (Wildman–Crippen LogP) is 2.18. The Kier molecular flexibility index (Phi) is 6.59. The minimum absolute atomic E-state index is 0.0704. The van der Waals surface area contributed by atoms with Crippen molar-refractivity contribution < 1.29 is 9.53 Å². The molecule has 2 saturated heterocycles. The number of ether oxygens (including phenoxy) is 1. The van der Waals surface area contributed by atoms with Crippen molar-refractivity contribution in [3.8, 4) is 0 Å². The average molecular weight is 464 g/mol. The van der Waals surface area contributed by atoms with E-state index in [1.54, 1.807) is 0 Å². The summed E-state index contributed by atoms with van der Waals surface area (Å²) < 4.78 is 7.92. The van der Waals surface area contributed by atoms with E-state index in [1.165, 1.54) is 40.5 Å². The highest BCUT2D eigenvalue weighted by Gasteiger charge is 2.26. The number of carbonyl (C=O) groups excluding carboxylic acids is 1. The second kappa shape index (κ2) is 9.56. The Morgan fingerprint density at radius 1 is 1.16 bits per heavy atom. The van der Waals surface area contributed by atoms with Gasteiger partial charge in [0.1, 0.15) is 0 Å². The lowest BCUT2D eigenvalue weighted by Crippen LogP contribution is -2.40. The molecule has 0 aliphatic carbocycles. The first-order valence-electron chi connectivity index (χ1n) is 11.3. The lowest BCUT2D eigenvalue weighted by Gasteiger charge is -2.29. The number of carbonyl (C=O) groups is 1. The molecule has 3 aliphatic heterocycles. The van der Waals surface area contributed by atoms with Gasteiger partial charge in [0.15, 0.2) is 4.34 Å². The molecule has 0 aromatic carbocycles. The number of nitrogens with zero attached hydrogens (tertiary/aromatic N) is 5. The molecule has 0 unspecified atom stereocenters. The number of amides is 1. The first-order valence-corrected chi connectivity index (χ1v) is 13.1. The fraction of sp³-hybridized carbons (Fsp3) is 0.714. The van der Waals surface area contributed by atoms with Gasteiger partial charge in [-0.15, -0.1) is 5.10 Å². The zero-order chi connectivity index (χ0) is 21.2. The van der Waals surface area contributed by atoms with Gasteiger partial charge in [-0.05, 0) is 25.7 Å². The Hall–Kier alpha value is -1.49. The monoisotopic (exact) mass is 463 g/mol. The molecule has 5 heterocycles. The predicted molar refractivity (Wildman–Crippen MR) is 121 cm³/mol. The third-order valence-corrected chi connectivity index (χ3v) is 8.41. The summed E-state index contributed by atoms with van der Waals surface area (Å²) in [6.07, 6.45) is 7.88. The highest BCUT2D eigenvalue weighted by Crippen LogP contribution is 2.26. The molecule has 2 aromatic rings. The maximum Gasteiger partial charge on any atom is 0.279 e. The zero-order valence-electron chi connectivity index (χ0n) is 17.8. The number of hydrogen-bond acceptors (Lipinski definition) is 8. The largest absolute Gasteiger partial charge is 0.377 e. The van der Waals surface area contributed by atoms with Crippen LogP contribution in [0.15, 0.2) is 9.13 Å². The third-order valence-electron chi connectivity index (χ3n) is 6.38. The summed E-state index contributed by atoms with van der Waals surface area (Å²) in [6, 6.07) is 0. The van der Waals surface area contributed by atoms with Crippen LogP contribution in [0.5, 0.6) is 0 Å². The van der Waals surface area contributed by atoms with Crippen LogP contribution in [-0.2, 0) is 22.5 Å². The van der Waals surface area contributed by atoms with Gasteiger partial charge < -0.3 is 9.64 Å². The first-order chi connectivity index (χ1) is 15.2. The molecule has 5 rings (SSSR count). The molecule has 0 saturated carbocycles. The minimum atomic E-state index is -0.0704. The summed E-state index contributed by atoms with van der Waals surface area (Å²) in [7, 11) is 0. The van der Waals surface area contributed by atoms with Gasteiger partial charge in [0, 0.05) is 45.8 Å². The molecule has 0 N–H and O–H groups in total. The van der Waals surface area contributed by atoms with Crippen molar-refractivity contribution in [1.29, 1.82) is 0 Å². The van der Waals surface area contributed by atoms with E-state index in [-0.39, 0.29) is 17.6 Å². The van der Waals surface area contributed by atoms with Gasteiger partial charge in [-0.1, -0.05) is 35.9 Å². The van der Waals surface area contributed by atoms with Gasteiger partial charge >= 0.3 is 0 Å². The van der Waals surface area contributed by atoms with Crippen molar-refractivity contribution in [2.45, 2.75) is 61.9 Å². The molecule has 2 fully saturated rings. The Bertz CT molecular complexity index is 993. The lowest BCUT2D eigenvalue weighted by atomic mass is 10.1. The van der Waals surface area contributed by atoms with Crippen LogP contribution >= 0.6 is 23.1 Å². The van der Waals surface area contributed by atoms with Gasteiger partial charge in [-0.25, -0.2) is 4.98 Å². The van der Waals surface area contributed by atoms with E-state index in [0.29, 0.717) is 17.3 Å². The van der Waals surface area contributed by atoms with Crippen LogP contribution in [-0.4, -0.2) is 74.9 Å². The van der Waals surface area contributed by atoms with Crippen molar-refractivity contribution in [2.24, 2.45) is 0 Å². The zero-order valence-corrected chi connectivity index (χ0v) is 19.4. The fourth-order valence-electron chi connectivity index (χ4n) is 4.66. The molecule has 168 valence electrons. The molecule has 8 nitrogen and oxygen atoms in total. The van der Waals surface area contributed by atoms with Crippen molar-refractivity contribution >= 4 is 34.0 Å². The molecular weight excluding hydrogens is 434 g/mol. The van der Waals surface area contributed by atoms with Gasteiger partial charge in [-0.2, -0.15) is 4.52 Å². The normalized spacial score (nSPS) is 22.6. The third kappa shape index (κ3) is 4.81. The van der Waals surface area contributed by atoms with Crippen LogP contribution in [0, 0.1) is 0 Å². The van der Waals surface area contributed by atoms with E-state index in [0.717, 1.165) is 80.5 Å². The van der Waals surface area contributed by atoms with Crippen molar-refractivity contribution in [3.63, 3.8) is 0 Å². The van der Waals surface area contributed by atoms with E-state index < -0.39 is 0 Å². The summed E-state index contributed by atoms with van der Waals surface area (Å²) >= 11 is 2.82. The van der Waals surface area contributed by atoms with Gasteiger partial charge in [0.2, 0.25) is 10.9 Å². The lowest BCUT2D eigenvalue weighted by molar-refractivity contribution is -0.128. The quantitative estimate of drug-likeness (QED) is 0.629. The standard InChI is InChI=1S/C21H29N5O3S2/c27-18(25-8-3-1-2-4-9-25)14-30-21-23-26-19(28)16-13-24(12-15-6-5-11-29-15)10-7-17(16)22-20(26)31-21/h15H,1-14H2/t15-/m0/s1. The summed E-state index contributed by atoms with van der Waals surface area (Å²) in [5, 5.41) is 4.49. The molecule has 1 amide bonds. The summed E-state index contributed by atoms with van der Waals surface area (Å²) in [4.78, 5) is 35.3. The summed E-state index contributed by atoms with van der Waals surface area (Å²) in [5.74, 6) is 0.527. The highest BCUT2D eigenvalue weighted by molar-refractivity contribution is 8.01. The second-order valence-corrected chi connectivity index (χ2v) is 10.8. The van der Waals surface area contributed by atoms with Crippen LogP contribution in [0.2, 0.25) is 0 Å². The van der Waals surface area contributed by atoms with Gasteiger partial charge in [-0.3, -0.25) is 14.5 Å². The Morgan fingerprint density at radius 3 is 2.77 bits per heavy atom. The topological polar surface area (TPSA) is 80.0 Å². The fourth-order valence-corrected chi connectivity index (χ4v) is 6.51. The SMILES string of the molecule is O=C(CSc1nn2c(=O)c3c(nc2s1)CCN(C[C@@H]1CCCO1)C3)N1CCCCCC1. The number of rotatable bonds is 5. The van der Waals surface area contributed by atoms with Gasteiger partial charge in [0.25, 0.3) is 5.56 Å². The maximum absolute atomic E-state index is 13.1. The number of thioether (sulfide) groups is 1. The number of aromatic nitrogens is 3. The van der Waals surface area contributed by atoms with E-state index >= 15 is 0 Å². The highest BCUT2D eigenvalue weighted by atomic mass is 32.2. The molecule has 2 aromatic heterocycles. The molecule has 1 atom stereocenters. The number of fused-ring (bicyclic) bond motifs is 2. The molecule has 0 radical (unpaired) electrons. The minimum Gasteiger partial charge on any atom is -0.377 e. The van der Waals surface area contributed by atoms with E-state index in [1.807, 2.05) is 4.90 Å². The van der Waals surface area contributed by atoms with Crippen molar-refractivity contribution in [1.82, 2.24) is 24.4 Å². The molecule has 0 bridgehead atoms. The van der Waals surface area contributed by atoms with Crippen LogP contribution in [0.1, 0.15) is 49.8 Å². The van der Waals surface area contributed by atoms with Crippen LogP contribution in [0.25, 0.3) is 4.96 Å². The van der Waals surface area contributed by atoms with E-state index in [2.05, 4.69) is 10.00 Å². The maximum atomic E-state index is 13.1. The summed E-state index contributed by atoms with van der Waals surface area (Å²) in [6.45, 7) is 4.94. The molecule has 0 spiro atoms.